The molecule has 4 rings (SSSR count). The van der Waals surface area contributed by atoms with Crippen LogP contribution in [-0.2, 0) is 0 Å². The maximum atomic E-state index is 12.9. The quantitative estimate of drug-likeness (QED) is 0.628. The highest BCUT2D eigenvalue weighted by atomic mass is 35.5. The molecule has 1 atom stereocenters. The van der Waals surface area contributed by atoms with Gasteiger partial charge in [0.2, 0.25) is 5.95 Å². The van der Waals surface area contributed by atoms with Crippen molar-refractivity contribution in [2.45, 2.75) is 39.2 Å². The molecule has 0 saturated carbocycles. The summed E-state index contributed by atoms with van der Waals surface area (Å²) >= 11 is 6.53. The number of para-hydroxylation sites is 1. The summed E-state index contributed by atoms with van der Waals surface area (Å²) in [4.78, 5) is 22.0. The number of hydrogen-bond acceptors (Lipinski definition) is 4. The molecule has 2 N–H and O–H groups in total. The molecule has 2 aromatic heterocycles. The van der Waals surface area contributed by atoms with Crippen LogP contribution in [0, 0.1) is 13.8 Å². The Balaban J connectivity index is 0.00000240. The molecular formula is C21H25Cl2N5O. The molecule has 3 aromatic rings. The van der Waals surface area contributed by atoms with Gasteiger partial charge in [-0.2, -0.15) is 0 Å². The Labute approximate surface area is 181 Å². The summed E-state index contributed by atoms with van der Waals surface area (Å²) in [6.07, 6.45) is 3.28. The Bertz CT molecular complexity index is 1010. The van der Waals surface area contributed by atoms with Gasteiger partial charge in [0, 0.05) is 29.5 Å². The summed E-state index contributed by atoms with van der Waals surface area (Å²) in [6, 6.07) is 9.44. The SMILES string of the molecule is Cc1cc(C(=O)Nc2nc3cccc(Cl)c3n2C2CCCCNC2)cc(C)n1.Cl. The van der Waals surface area contributed by atoms with Gasteiger partial charge in [0.25, 0.3) is 5.91 Å². The molecule has 29 heavy (non-hydrogen) atoms. The number of amides is 1. The lowest BCUT2D eigenvalue weighted by Gasteiger charge is -2.20. The first-order chi connectivity index (χ1) is 13.5. The van der Waals surface area contributed by atoms with E-state index >= 15 is 0 Å². The second-order valence-corrected chi connectivity index (χ2v) is 7.77. The lowest BCUT2D eigenvalue weighted by Crippen LogP contribution is -2.25. The van der Waals surface area contributed by atoms with Crippen molar-refractivity contribution in [2.75, 3.05) is 18.4 Å². The van der Waals surface area contributed by atoms with E-state index in [0.717, 1.165) is 54.8 Å². The van der Waals surface area contributed by atoms with Crippen LogP contribution >= 0.6 is 24.0 Å². The van der Waals surface area contributed by atoms with Crippen LogP contribution in [0.4, 0.5) is 5.95 Å². The minimum Gasteiger partial charge on any atom is -0.315 e. The molecule has 0 radical (unpaired) electrons. The number of nitrogens with zero attached hydrogens (tertiary/aromatic N) is 3. The molecule has 1 saturated heterocycles. The van der Waals surface area contributed by atoms with Gasteiger partial charge >= 0.3 is 0 Å². The smallest absolute Gasteiger partial charge is 0.258 e. The number of rotatable bonds is 3. The van der Waals surface area contributed by atoms with E-state index in [-0.39, 0.29) is 24.4 Å². The predicted molar refractivity (Wildman–Crippen MR) is 119 cm³/mol. The van der Waals surface area contributed by atoms with Crippen molar-refractivity contribution in [3.63, 3.8) is 0 Å². The van der Waals surface area contributed by atoms with E-state index in [9.17, 15) is 4.79 Å². The normalized spacial score (nSPS) is 16.9. The van der Waals surface area contributed by atoms with Gasteiger partial charge in [-0.3, -0.25) is 15.1 Å². The van der Waals surface area contributed by atoms with Crippen molar-refractivity contribution in [1.82, 2.24) is 19.9 Å². The summed E-state index contributed by atoms with van der Waals surface area (Å²) in [6.45, 7) is 5.60. The number of aryl methyl sites for hydroxylation is 2. The van der Waals surface area contributed by atoms with Gasteiger partial charge in [-0.15, -0.1) is 12.4 Å². The van der Waals surface area contributed by atoms with Gasteiger partial charge in [-0.05, 0) is 57.5 Å². The number of aromatic nitrogens is 3. The maximum absolute atomic E-state index is 12.9. The average molecular weight is 434 g/mol. The Morgan fingerprint density at radius 3 is 2.72 bits per heavy atom. The molecule has 1 unspecified atom stereocenters. The molecule has 1 aromatic carbocycles. The number of fused-ring (bicyclic) bond motifs is 1. The van der Waals surface area contributed by atoms with Crippen LogP contribution in [0.3, 0.4) is 0 Å². The Morgan fingerprint density at radius 1 is 1.21 bits per heavy atom. The molecule has 154 valence electrons. The van der Waals surface area contributed by atoms with Crippen LogP contribution in [-0.4, -0.2) is 33.5 Å². The van der Waals surface area contributed by atoms with Crippen molar-refractivity contribution in [1.29, 1.82) is 0 Å². The molecule has 0 bridgehead atoms. The summed E-state index contributed by atoms with van der Waals surface area (Å²) in [5, 5.41) is 7.14. The zero-order valence-electron chi connectivity index (χ0n) is 16.5. The molecule has 8 heteroatoms. The third-order valence-electron chi connectivity index (χ3n) is 5.12. The van der Waals surface area contributed by atoms with E-state index in [4.69, 9.17) is 16.6 Å². The van der Waals surface area contributed by atoms with Gasteiger partial charge in [-0.1, -0.05) is 24.1 Å². The molecule has 0 spiro atoms. The zero-order chi connectivity index (χ0) is 19.7. The molecular weight excluding hydrogens is 409 g/mol. The largest absolute Gasteiger partial charge is 0.315 e. The number of anilines is 1. The fourth-order valence-electron chi connectivity index (χ4n) is 3.91. The van der Waals surface area contributed by atoms with E-state index < -0.39 is 0 Å². The van der Waals surface area contributed by atoms with E-state index in [0.29, 0.717) is 16.5 Å². The monoisotopic (exact) mass is 433 g/mol. The first-order valence-electron chi connectivity index (χ1n) is 9.67. The Kier molecular flexibility index (Phi) is 6.77. The van der Waals surface area contributed by atoms with Gasteiger partial charge in [0.15, 0.2) is 0 Å². The summed E-state index contributed by atoms with van der Waals surface area (Å²) in [7, 11) is 0. The van der Waals surface area contributed by atoms with Gasteiger partial charge in [0.1, 0.15) is 0 Å². The van der Waals surface area contributed by atoms with E-state index in [2.05, 4.69) is 20.2 Å². The number of halogens is 2. The highest BCUT2D eigenvalue weighted by molar-refractivity contribution is 6.35. The summed E-state index contributed by atoms with van der Waals surface area (Å²) < 4.78 is 2.09. The van der Waals surface area contributed by atoms with E-state index in [1.807, 2.05) is 32.0 Å². The summed E-state index contributed by atoms with van der Waals surface area (Å²) in [5.74, 6) is 0.344. The number of imidazole rings is 1. The highest BCUT2D eigenvalue weighted by Gasteiger charge is 2.23. The fraction of sp³-hybridized carbons (Fsp3) is 0.381. The number of hydrogen-bond donors (Lipinski definition) is 2. The van der Waals surface area contributed by atoms with Gasteiger partial charge in [0.05, 0.1) is 16.1 Å². The fourth-order valence-corrected chi connectivity index (χ4v) is 4.17. The lowest BCUT2D eigenvalue weighted by molar-refractivity contribution is 0.102. The average Bonchev–Trinajstić information content (AvgIpc) is 2.82. The minimum absolute atomic E-state index is 0. The molecule has 1 aliphatic heterocycles. The first-order valence-corrected chi connectivity index (χ1v) is 10.0. The van der Waals surface area contributed by atoms with Crippen molar-refractivity contribution in [3.8, 4) is 0 Å². The molecule has 1 amide bonds. The third kappa shape index (κ3) is 4.55. The van der Waals surface area contributed by atoms with Crippen molar-refractivity contribution in [2.24, 2.45) is 0 Å². The number of carbonyl (C=O) groups is 1. The maximum Gasteiger partial charge on any atom is 0.258 e. The highest BCUT2D eigenvalue weighted by Crippen LogP contribution is 2.32. The van der Waals surface area contributed by atoms with Crippen molar-refractivity contribution < 1.29 is 4.79 Å². The Hall–Kier alpha value is -2.15. The zero-order valence-corrected chi connectivity index (χ0v) is 18.1. The minimum atomic E-state index is -0.192. The molecule has 1 aliphatic rings. The molecule has 3 heterocycles. The second-order valence-electron chi connectivity index (χ2n) is 7.36. The molecule has 6 nitrogen and oxygen atoms in total. The van der Waals surface area contributed by atoms with Crippen molar-refractivity contribution >= 4 is 46.9 Å². The molecule has 0 aliphatic carbocycles. The summed E-state index contributed by atoms with van der Waals surface area (Å²) in [5.41, 5.74) is 3.86. The lowest BCUT2D eigenvalue weighted by atomic mass is 10.1. The molecule has 1 fully saturated rings. The van der Waals surface area contributed by atoms with Gasteiger partial charge in [-0.25, -0.2) is 4.98 Å². The number of benzene rings is 1. The van der Waals surface area contributed by atoms with Crippen LogP contribution in [0.5, 0.6) is 0 Å². The van der Waals surface area contributed by atoms with Gasteiger partial charge < -0.3 is 9.88 Å². The predicted octanol–water partition coefficient (Wildman–Crippen LogP) is 4.69. The Morgan fingerprint density at radius 2 is 1.97 bits per heavy atom. The van der Waals surface area contributed by atoms with Crippen LogP contribution in [0.15, 0.2) is 30.3 Å². The van der Waals surface area contributed by atoms with Crippen LogP contribution < -0.4 is 10.6 Å². The van der Waals surface area contributed by atoms with E-state index in [1.54, 1.807) is 12.1 Å². The number of nitrogens with one attached hydrogen (secondary N) is 2. The van der Waals surface area contributed by atoms with E-state index in [1.165, 1.54) is 0 Å². The first kappa shape index (κ1) is 21.6. The number of carbonyl (C=O) groups excluding carboxylic acids is 1. The van der Waals surface area contributed by atoms with Crippen molar-refractivity contribution in [3.05, 3.63) is 52.3 Å². The second kappa shape index (κ2) is 9.11. The topological polar surface area (TPSA) is 71.8 Å². The standard InChI is InChI=1S/C21H24ClN5O.ClH/c1-13-10-15(11-14(2)24-13)20(28)26-21-25-18-8-5-7-17(22)19(18)27(21)16-6-3-4-9-23-12-16;/h5,7-8,10-11,16,23H,3-4,6,9,12H2,1-2H3,(H,25,26,28);1H. The van der Waals surface area contributed by atoms with Crippen LogP contribution in [0.25, 0.3) is 11.0 Å². The number of pyridine rings is 1. The van der Waals surface area contributed by atoms with Crippen LogP contribution in [0.1, 0.15) is 47.1 Å². The van der Waals surface area contributed by atoms with Crippen LogP contribution in [0.2, 0.25) is 5.02 Å². The third-order valence-corrected chi connectivity index (χ3v) is 5.42.